The van der Waals surface area contributed by atoms with Gasteiger partial charge in [-0.05, 0) is 13.0 Å². The highest BCUT2D eigenvalue weighted by molar-refractivity contribution is 7.89. The molecule has 0 saturated heterocycles. The highest BCUT2D eigenvalue weighted by Crippen LogP contribution is 2.18. The van der Waals surface area contributed by atoms with Gasteiger partial charge in [-0.25, -0.2) is 13.2 Å². The Bertz CT molecular complexity index is 627. The molecule has 1 N–H and O–H groups in total. The molecule has 19 heavy (non-hydrogen) atoms. The molecule has 0 aromatic carbocycles. The number of hydrogen-bond donors (Lipinski definition) is 1. The standard InChI is InChI=1S/C11H15N3O4S/c1-8(5-12)6-14(3)19(17,18)9-4-10(11(15)16)13(2)7-9/h4,7-8H,6H2,1-3H3,(H,15,16). The molecular formula is C11H15N3O4S. The Kier molecular flexibility index (Phi) is 4.34. The van der Waals surface area contributed by atoms with Crippen LogP contribution in [-0.4, -0.2) is 42.0 Å². The Hall–Kier alpha value is -1.85. The first kappa shape index (κ1) is 15.2. The number of rotatable bonds is 5. The molecule has 0 bridgehead atoms. The van der Waals surface area contributed by atoms with Gasteiger partial charge in [-0.3, -0.25) is 0 Å². The summed E-state index contributed by atoms with van der Waals surface area (Å²) in [6.45, 7) is 1.66. The number of aryl methyl sites for hydroxylation is 1. The van der Waals surface area contributed by atoms with Crippen LogP contribution in [0.5, 0.6) is 0 Å². The van der Waals surface area contributed by atoms with E-state index in [0.717, 1.165) is 10.4 Å². The van der Waals surface area contributed by atoms with Gasteiger partial charge < -0.3 is 9.67 Å². The zero-order valence-electron chi connectivity index (χ0n) is 10.9. The Morgan fingerprint density at radius 3 is 2.63 bits per heavy atom. The van der Waals surface area contributed by atoms with Crippen LogP contribution in [0.15, 0.2) is 17.2 Å². The van der Waals surface area contributed by atoms with Crippen LogP contribution < -0.4 is 0 Å². The van der Waals surface area contributed by atoms with Gasteiger partial charge in [0.25, 0.3) is 0 Å². The summed E-state index contributed by atoms with van der Waals surface area (Å²) < 4.78 is 26.6. The van der Waals surface area contributed by atoms with Crippen LogP contribution in [0.4, 0.5) is 0 Å². The normalized spacial score (nSPS) is 13.2. The number of aromatic carboxylic acids is 1. The van der Waals surface area contributed by atoms with E-state index >= 15 is 0 Å². The molecule has 0 amide bonds. The third-order valence-corrected chi connectivity index (χ3v) is 4.45. The fourth-order valence-electron chi connectivity index (χ4n) is 1.59. The number of carboxylic acids is 1. The summed E-state index contributed by atoms with van der Waals surface area (Å²) in [6, 6.07) is 3.05. The van der Waals surface area contributed by atoms with Crippen LogP contribution >= 0.6 is 0 Å². The average Bonchev–Trinajstić information content (AvgIpc) is 2.71. The Labute approximate surface area is 111 Å². The zero-order chi connectivity index (χ0) is 14.8. The number of nitrogens with zero attached hydrogens (tertiary/aromatic N) is 3. The van der Waals surface area contributed by atoms with Crippen LogP contribution in [0.2, 0.25) is 0 Å². The molecule has 0 spiro atoms. The highest BCUT2D eigenvalue weighted by Gasteiger charge is 2.25. The summed E-state index contributed by atoms with van der Waals surface area (Å²) in [5.41, 5.74) is -0.111. The van der Waals surface area contributed by atoms with Crippen molar-refractivity contribution in [2.45, 2.75) is 11.8 Å². The lowest BCUT2D eigenvalue weighted by Gasteiger charge is -2.17. The maximum Gasteiger partial charge on any atom is 0.352 e. The van der Waals surface area contributed by atoms with Crippen molar-refractivity contribution in [3.63, 3.8) is 0 Å². The van der Waals surface area contributed by atoms with Crippen LogP contribution in [-0.2, 0) is 17.1 Å². The van der Waals surface area contributed by atoms with Crippen LogP contribution in [0.1, 0.15) is 17.4 Å². The van der Waals surface area contributed by atoms with Crippen molar-refractivity contribution in [3.8, 4) is 6.07 Å². The number of aromatic nitrogens is 1. The van der Waals surface area contributed by atoms with Crippen molar-refractivity contribution in [2.75, 3.05) is 13.6 Å². The van der Waals surface area contributed by atoms with E-state index in [1.165, 1.54) is 24.9 Å². The van der Waals surface area contributed by atoms with Crippen molar-refractivity contribution in [1.82, 2.24) is 8.87 Å². The van der Waals surface area contributed by atoms with Gasteiger partial charge in [0.1, 0.15) is 10.6 Å². The van der Waals surface area contributed by atoms with Gasteiger partial charge in [0.05, 0.1) is 12.0 Å². The van der Waals surface area contributed by atoms with Crippen molar-refractivity contribution in [1.29, 1.82) is 5.26 Å². The van der Waals surface area contributed by atoms with E-state index in [0.29, 0.717) is 0 Å². The molecule has 1 rings (SSSR count). The summed E-state index contributed by atoms with van der Waals surface area (Å²) in [5, 5.41) is 17.6. The molecule has 0 radical (unpaired) electrons. The molecule has 8 heteroatoms. The third kappa shape index (κ3) is 3.13. The minimum absolute atomic E-state index is 0.0517. The maximum absolute atomic E-state index is 12.2. The van der Waals surface area contributed by atoms with E-state index in [9.17, 15) is 13.2 Å². The third-order valence-electron chi connectivity index (χ3n) is 2.66. The summed E-state index contributed by atoms with van der Waals surface area (Å²) in [4.78, 5) is 10.8. The molecule has 0 saturated carbocycles. The minimum atomic E-state index is -3.78. The molecule has 0 aliphatic heterocycles. The summed E-state index contributed by atoms with van der Waals surface area (Å²) in [5.74, 6) is -1.64. The molecule has 1 unspecified atom stereocenters. The van der Waals surface area contributed by atoms with E-state index in [-0.39, 0.29) is 17.1 Å². The second-order valence-electron chi connectivity index (χ2n) is 4.29. The predicted molar refractivity (Wildman–Crippen MR) is 67.0 cm³/mol. The van der Waals surface area contributed by atoms with Gasteiger partial charge in [0, 0.05) is 26.8 Å². The molecule has 1 atom stereocenters. The summed E-state index contributed by atoms with van der Waals surface area (Å²) in [7, 11) is -0.965. The Balaban J connectivity index is 3.11. The lowest BCUT2D eigenvalue weighted by atomic mass is 10.2. The molecule has 0 aliphatic rings. The predicted octanol–water partition coefficient (Wildman–Crippen LogP) is 0.503. The smallest absolute Gasteiger partial charge is 0.352 e. The van der Waals surface area contributed by atoms with E-state index in [1.54, 1.807) is 6.92 Å². The first-order valence-electron chi connectivity index (χ1n) is 5.45. The highest BCUT2D eigenvalue weighted by atomic mass is 32.2. The SMILES string of the molecule is CC(C#N)CN(C)S(=O)(=O)c1cc(C(=O)O)n(C)c1. The van der Waals surface area contributed by atoms with Gasteiger partial charge in [-0.2, -0.15) is 9.57 Å². The van der Waals surface area contributed by atoms with E-state index in [4.69, 9.17) is 10.4 Å². The van der Waals surface area contributed by atoms with Crippen LogP contribution in [0.3, 0.4) is 0 Å². The van der Waals surface area contributed by atoms with Crippen molar-refractivity contribution >= 4 is 16.0 Å². The second kappa shape index (κ2) is 5.42. The number of nitriles is 1. The molecule has 0 aliphatic carbocycles. The quantitative estimate of drug-likeness (QED) is 0.848. The largest absolute Gasteiger partial charge is 0.477 e. The molecule has 1 heterocycles. The van der Waals surface area contributed by atoms with Gasteiger partial charge >= 0.3 is 5.97 Å². The Morgan fingerprint density at radius 2 is 2.21 bits per heavy atom. The lowest BCUT2D eigenvalue weighted by Crippen LogP contribution is -2.30. The first-order chi connectivity index (χ1) is 8.70. The molecule has 7 nitrogen and oxygen atoms in total. The monoisotopic (exact) mass is 285 g/mol. The van der Waals surface area contributed by atoms with E-state index in [2.05, 4.69) is 0 Å². The van der Waals surface area contributed by atoms with E-state index in [1.807, 2.05) is 6.07 Å². The average molecular weight is 285 g/mol. The van der Waals surface area contributed by atoms with Gasteiger partial charge in [-0.1, -0.05) is 0 Å². The molecule has 1 aromatic heterocycles. The topological polar surface area (TPSA) is 103 Å². The van der Waals surface area contributed by atoms with Crippen molar-refractivity contribution in [2.24, 2.45) is 13.0 Å². The molecule has 104 valence electrons. The summed E-state index contributed by atoms with van der Waals surface area (Å²) >= 11 is 0. The van der Waals surface area contributed by atoms with Gasteiger partial charge in [0.15, 0.2) is 0 Å². The summed E-state index contributed by atoms with van der Waals surface area (Å²) in [6.07, 6.45) is 1.24. The van der Waals surface area contributed by atoms with Crippen molar-refractivity contribution in [3.05, 3.63) is 18.0 Å². The Morgan fingerprint density at radius 1 is 1.63 bits per heavy atom. The molecular weight excluding hydrogens is 270 g/mol. The zero-order valence-corrected chi connectivity index (χ0v) is 11.7. The van der Waals surface area contributed by atoms with Gasteiger partial charge in [0.2, 0.25) is 10.0 Å². The number of carboxylic acid groups (broad SMARTS) is 1. The molecule has 0 fully saturated rings. The number of sulfonamides is 1. The number of carbonyl (C=O) groups is 1. The van der Waals surface area contributed by atoms with Crippen molar-refractivity contribution < 1.29 is 18.3 Å². The lowest BCUT2D eigenvalue weighted by molar-refractivity contribution is 0.0686. The first-order valence-corrected chi connectivity index (χ1v) is 6.89. The van der Waals surface area contributed by atoms with Crippen LogP contribution in [0.25, 0.3) is 0 Å². The maximum atomic E-state index is 12.2. The van der Waals surface area contributed by atoms with Crippen LogP contribution in [0, 0.1) is 17.2 Å². The molecule has 1 aromatic rings. The van der Waals surface area contributed by atoms with E-state index < -0.39 is 21.9 Å². The second-order valence-corrected chi connectivity index (χ2v) is 6.34. The van der Waals surface area contributed by atoms with Gasteiger partial charge in [-0.15, -0.1) is 0 Å². The minimum Gasteiger partial charge on any atom is -0.477 e. The fourth-order valence-corrected chi connectivity index (χ4v) is 2.92. The number of hydrogen-bond acceptors (Lipinski definition) is 4. The fraction of sp³-hybridized carbons (Fsp3) is 0.455.